The maximum absolute atomic E-state index is 11.8. The molecule has 1 heterocycles. The Balaban J connectivity index is 1.74. The van der Waals surface area contributed by atoms with Crippen molar-refractivity contribution in [1.82, 2.24) is 4.90 Å². The summed E-state index contributed by atoms with van der Waals surface area (Å²) in [5.74, 6) is 0.295. The number of rotatable bonds is 2. The number of methoxy groups -OCH3 is 1. The van der Waals surface area contributed by atoms with Crippen molar-refractivity contribution in [3.63, 3.8) is 0 Å². The summed E-state index contributed by atoms with van der Waals surface area (Å²) in [6, 6.07) is 5.93. The molecule has 5 nitrogen and oxygen atoms in total. The fourth-order valence-electron chi connectivity index (χ4n) is 2.51. The van der Waals surface area contributed by atoms with E-state index in [2.05, 4.69) is 5.32 Å². The van der Waals surface area contributed by atoms with Gasteiger partial charge in [-0.15, -0.1) is 0 Å². The first-order chi connectivity index (χ1) is 9.67. The van der Waals surface area contributed by atoms with Crippen LogP contribution in [0.25, 0.3) is 0 Å². The first kappa shape index (κ1) is 13.0. The molecule has 1 fully saturated rings. The Morgan fingerprint density at radius 2 is 2.10 bits per heavy atom. The number of benzene rings is 1. The summed E-state index contributed by atoms with van der Waals surface area (Å²) in [5, 5.41) is 2.94. The molecule has 1 saturated carbocycles. The minimum absolute atomic E-state index is 0.102. The topological polar surface area (TPSA) is 58.6 Å². The van der Waals surface area contributed by atoms with E-state index in [4.69, 9.17) is 4.74 Å². The quantitative estimate of drug-likeness (QED) is 0.899. The van der Waals surface area contributed by atoms with Crippen molar-refractivity contribution in [3.8, 4) is 0 Å². The van der Waals surface area contributed by atoms with Crippen molar-refractivity contribution in [3.05, 3.63) is 29.3 Å². The maximum Gasteiger partial charge on any atom is 0.409 e. The molecule has 1 aromatic rings. The highest BCUT2D eigenvalue weighted by atomic mass is 16.5. The smallest absolute Gasteiger partial charge is 0.409 e. The van der Waals surface area contributed by atoms with Gasteiger partial charge in [0, 0.05) is 24.7 Å². The molecular formula is C15H18N2O3. The van der Waals surface area contributed by atoms with E-state index in [9.17, 15) is 9.59 Å². The number of hydrogen-bond acceptors (Lipinski definition) is 3. The molecule has 20 heavy (non-hydrogen) atoms. The molecular weight excluding hydrogens is 256 g/mol. The first-order valence-corrected chi connectivity index (χ1v) is 6.93. The lowest BCUT2D eigenvalue weighted by atomic mass is 9.99. The van der Waals surface area contributed by atoms with Gasteiger partial charge in [-0.2, -0.15) is 0 Å². The Hall–Kier alpha value is -2.04. The normalized spacial score (nSPS) is 17.4. The molecule has 0 unspecified atom stereocenters. The number of carbonyl (C=O) groups is 2. The van der Waals surface area contributed by atoms with Gasteiger partial charge in [-0.1, -0.05) is 6.07 Å². The average molecular weight is 274 g/mol. The number of carbonyl (C=O) groups excluding carboxylic acids is 2. The maximum atomic E-state index is 11.8. The fraction of sp³-hybridized carbons (Fsp3) is 0.467. The number of ether oxygens (including phenoxy) is 1. The van der Waals surface area contributed by atoms with E-state index >= 15 is 0 Å². The summed E-state index contributed by atoms with van der Waals surface area (Å²) in [4.78, 5) is 25.0. The van der Waals surface area contributed by atoms with Crippen molar-refractivity contribution in [2.45, 2.75) is 25.8 Å². The minimum Gasteiger partial charge on any atom is -0.453 e. The molecule has 3 rings (SSSR count). The zero-order valence-corrected chi connectivity index (χ0v) is 11.5. The Morgan fingerprint density at radius 1 is 1.30 bits per heavy atom. The van der Waals surface area contributed by atoms with Crippen LogP contribution in [-0.4, -0.2) is 30.6 Å². The van der Waals surface area contributed by atoms with E-state index in [0.29, 0.717) is 13.1 Å². The van der Waals surface area contributed by atoms with Crippen LogP contribution in [0.5, 0.6) is 0 Å². The molecule has 1 aliphatic heterocycles. The van der Waals surface area contributed by atoms with Crippen molar-refractivity contribution in [2.75, 3.05) is 19.0 Å². The monoisotopic (exact) mass is 274 g/mol. The Morgan fingerprint density at radius 3 is 2.80 bits per heavy atom. The van der Waals surface area contributed by atoms with Crippen molar-refractivity contribution >= 4 is 17.7 Å². The van der Waals surface area contributed by atoms with E-state index < -0.39 is 0 Å². The van der Waals surface area contributed by atoms with Gasteiger partial charge in [0.1, 0.15) is 0 Å². The molecule has 0 atom stereocenters. The lowest BCUT2D eigenvalue weighted by Gasteiger charge is -2.28. The van der Waals surface area contributed by atoms with Gasteiger partial charge in [0.15, 0.2) is 0 Å². The third kappa shape index (κ3) is 2.61. The van der Waals surface area contributed by atoms with Crippen LogP contribution in [0.1, 0.15) is 24.0 Å². The molecule has 0 bridgehead atoms. The molecule has 0 radical (unpaired) electrons. The van der Waals surface area contributed by atoms with E-state index in [1.165, 1.54) is 12.7 Å². The van der Waals surface area contributed by atoms with Crippen LogP contribution in [0.2, 0.25) is 0 Å². The number of hydrogen-bond donors (Lipinski definition) is 1. The molecule has 1 N–H and O–H groups in total. The summed E-state index contributed by atoms with van der Waals surface area (Å²) < 4.78 is 4.76. The van der Waals surface area contributed by atoms with Crippen molar-refractivity contribution in [2.24, 2.45) is 5.92 Å². The lowest BCUT2D eigenvalue weighted by molar-refractivity contribution is -0.117. The van der Waals surface area contributed by atoms with Gasteiger partial charge in [0.2, 0.25) is 5.91 Å². The molecule has 0 spiro atoms. The van der Waals surface area contributed by atoms with Crippen LogP contribution in [0.3, 0.4) is 0 Å². The summed E-state index contributed by atoms with van der Waals surface area (Å²) >= 11 is 0. The number of amides is 2. The summed E-state index contributed by atoms with van der Waals surface area (Å²) in [6.07, 6.45) is 2.50. The van der Waals surface area contributed by atoms with Gasteiger partial charge in [0.05, 0.1) is 7.11 Å². The van der Waals surface area contributed by atoms with Crippen LogP contribution >= 0.6 is 0 Å². The second kappa shape index (κ2) is 5.15. The molecule has 0 aromatic heterocycles. The lowest BCUT2D eigenvalue weighted by Crippen LogP contribution is -2.35. The highest BCUT2D eigenvalue weighted by Crippen LogP contribution is 2.31. The van der Waals surface area contributed by atoms with Crippen LogP contribution < -0.4 is 5.32 Å². The zero-order valence-electron chi connectivity index (χ0n) is 11.5. The van der Waals surface area contributed by atoms with E-state index in [1.54, 1.807) is 4.90 Å². The molecule has 106 valence electrons. The SMILES string of the molecule is COC(=O)N1CCc2ccc(NC(=O)C3CC3)cc2C1. The standard InChI is InChI=1S/C15H18N2O3/c1-20-15(19)17-7-6-10-4-5-13(8-12(10)9-17)16-14(18)11-2-3-11/h4-5,8,11H,2-3,6-7,9H2,1H3,(H,16,18). The van der Waals surface area contributed by atoms with Gasteiger partial charge in [0.25, 0.3) is 0 Å². The number of nitrogens with zero attached hydrogens (tertiary/aromatic N) is 1. The third-order valence-electron chi connectivity index (χ3n) is 3.87. The molecule has 2 aliphatic rings. The zero-order chi connectivity index (χ0) is 14.1. The van der Waals surface area contributed by atoms with Crippen LogP contribution in [-0.2, 0) is 22.5 Å². The van der Waals surface area contributed by atoms with Crippen LogP contribution in [0.4, 0.5) is 10.5 Å². The number of anilines is 1. The van der Waals surface area contributed by atoms with E-state index in [0.717, 1.165) is 30.5 Å². The van der Waals surface area contributed by atoms with E-state index in [-0.39, 0.29) is 17.9 Å². The molecule has 5 heteroatoms. The average Bonchev–Trinajstić information content (AvgIpc) is 3.30. The van der Waals surface area contributed by atoms with Crippen LogP contribution in [0.15, 0.2) is 18.2 Å². The second-order valence-electron chi connectivity index (χ2n) is 5.39. The third-order valence-corrected chi connectivity index (χ3v) is 3.87. The van der Waals surface area contributed by atoms with Crippen LogP contribution in [0, 0.1) is 5.92 Å². The number of nitrogens with one attached hydrogen (secondary N) is 1. The Bertz CT molecular complexity index is 552. The van der Waals surface area contributed by atoms with Gasteiger partial charge in [-0.25, -0.2) is 4.79 Å². The summed E-state index contributed by atoms with van der Waals surface area (Å²) in [7, 11) is 1.39. The van der Waals surface area contributed by atoms with Gasteiger partial charge in [-0.05, 0) is 42.5 Å². The summed E-state index contributed by atoms with van der Waals surface area (Å²) in [6.45, 7) is 1.21. The molecule has 1 aromatic carbocycles. The highest BCUT2D eigenvalue weighted by Gasteiger charge is 2.29. The van der Waals surface area contributed by atoms with Crippen molar-refractivity contribution in [1.29, 1.82) is 0 Å². The largest absolute Gasteiger partial charge is 0.453 e. The van der Waals surface area contributed by atoms with Gasteiger partial charge < -0.3 is 15.0 Å². The fourth-order valence-corrected chi connectivity index (χ4v) is 2.51. The first-order valence-electron chi connectivity index (χ1n) is 6.93. The predicted octanol–water partition coefficient (Wildman–Crippen LogP) is 2.16. The molecule has 2 amide bonds. The number of fused-ring (bicyclic) bond motifs is 1. The van der Waals surface area contributed by atoms with E-state index in [1.807, 2.05) is 18.2 Å². The Labute approximate surface area is 117 Å². The van der Waals surface area contributed by atoms with Gasteiger partial charge >= 0.3 is 6.09 Å². The Kier molecular flexibility index (Phi) is 3.34. The summed E-state index contributed by atoms with van der Waals surface area (Å²) in [5.41, 5.74) is 3.12. The molecule has 0 saturated heterocycles. The highest BCUT2D eigenvalue weighted by molar-refractivity contribution is 5.94. The van der Waals surface area contributed by atoms with Crippen molar-refractivity contribution < 1.29 is 14.3 Å². The molecule has 1 aliphatic carbocycles. The minimum atomic E-state index is -0.303. The van der Waals surface area contributed by atoms with Gasteiger partial charge in [-0.3, -0.25) is 4.79 Å². The second-order valence-corrected chi connectivity index (χ2v) is 5.39. The predicted molar refractivity (Wildman–Crippen MR) is 74.3 cm³/mol.